The third kappa shape index (κ3) is 3.92. The minimum absolute atomic E-state index is 1.01. The van der Waals surface area contributed by atoms with Gasteiger partial charge in [-0.25, -0.2) is 0 Å². The van der Waals surface area contributed by atoms with E-state index in [-0.39, 0.29) is 0 Å². The van der Waals surface area contributed by atoms with Gasteiger partial charge in [-0.3, -0.25) is 0 Å². The van der Waals surface area contributed by atoms with Gasteiger partial charge in [-0.2, -0.15) is 0 Å². The maximum absolute atomic E-state index is 2.86. The molecule has 0 saturated heterocycles. The summed E-state index contributed by atoms with van der Waals surface area (Å²) in [4.78, 5) is 0. The van der Waals surface area contributed by atoms with Gasteiger partial charge in [0.2, 0.25) is 0 Å². The molecule has 0 unspecified atom stereocenters. The van der Waals surface area contributed by atoms with Crippen molar-refractivity contribution in [2.45, 2.75) is 10.6 Å². The van der Waals surface area contributed by atoms with Crippen LogP contribution in [0, 0.1) is 0 Å². The predicted octanol–water partition coefficient (Wildman–Crippen LogP) is 7.00. The van der Waals surface area contributed by atoms with E-state index in [4.69, 9.17) is 0 Å². The van der Waals surface area contributed by atoms with Gasteiger partial charge < -0.3 is 0 Å². The molecule has 146 valence electrons. The molecule has 0 fully saturated rings. The Morgan fingerprint density at radius 2 is 0.828 bits per heavy atom. The predicted molar refractivity (Wildman–Crippen MR) is 147 cm³/mol. The van der Waals surface area contributed by atoms with Crippen LogP contribution in [0.3, 0.4) is 0 Å². The average molecular weight is 620 g/mol. The first kappa shape index (κ1) is 21.0. The Hall–Kier alpha value is -1.23. The molecule has 4 aromatic carbocycles. The van der Waals surface area contributed by atoms with Crippen LogP contribution in [0.25, 0.3) is 0 Å². The molecule has 3 heteroatoms. The molecule has 0 aliphatic carbocycles. The number of hydrogen-bond donors (Lipinski definition) is 0. The van der Waals surface area contributed by atoms with Crippen LogP contribution < -0.4 is 15.9 Å². The van der Waals surface area contributed by atoms with E-state index in [9.17, 15) is 0 Å². The number of benzene rings is 4. The van der Waals surface area contributed by atoms with Gasteiger partial charge in [0.25, 0.3) is 0 Å². The quantitative estimate of drug-likeness (QED) is 0.124. The van der Waals surface area contributed by atoms with E-state index in [0.717, 1.165) is 10.6 Å². The summed E-state index contributed by atoms with van der Waals surface area (Å²) in [5.41, 5.74) is 2.77. The summed E-state index contributed by atoms with van der Waals surface area (Å²) in [5, 5.41) is 4.28. The first-order valence-electron chi connectivity index (χ1n) is 9.68. The summed E-state index contributed by atoms with van der Waals surface area (Å²) in [6.45, 7) is 0. The molecular formula is C26H23I2P. The van der Waals surface area contributed by atoms with Gasteiger partial charge in [0.05, 0.1) is 0 Å². The minimum atomic E-state index is -2.74. The van der Waals surface area contributed by atoms with E-state index in [1.165, 1.54) is 27.0 Å². The van der Waals surface area contributed by atoms with Crippen LogP contribution in [0.1, 0.15) is 11.1 Å². The zero-order valence-corrected chi connectivity index (χ0v) is 21.3. The van der Waals surface area contributed by atoms with E-state index in [1.54, 1.807) is 0 Å². The molecule has 0 heterocycles. The normalized spacial score (nSPS) is 12.8. The van der Waals surface area contributed by atoms with Crippen molar-refractivity contribution < 1.29 is 0 Å². The van der Waals surface area contributed by atoms with Gasteiger partial charge in [0.1, 0.15) is 0 Å². The Bertz CT molecular complexity index is 963. The van der Waals surface area contributed by atoms with Crippen molar-refractivity contribution in [1.82, 2.24) is 0 Å². The zero-order valence-electron chi connectivity index (χ0n) is 16.1. The molecule has 29 heavy (non-hydrogen) atoms. The molecule has 4 rings (SSSR count). The number of alkyl halides is 1. The van der Waals surface area contributed by atoms with Gasteiger partial charge >= 0.3 is 202 Å². The third-order valence-electron chi connectivity index (χ3n) is 5.54. The van der Waals surface area contributed by atoms with Crippen molar-refractivity contribution in [3.63, 3.8) is 0 Å². The second-order valence-electron chi connectivity index (χ2n) is 7.30. The fraction of sp³-hybridized carbons (Fsp3) is 0.0769. The number of rotatable bonds is 6. The summed E-state index contributed by atoms with van der Waals surface area (Å²) in [5.74, 6) is 0. The van der Waals surface area contributed by atoms with E-state index < -0.39 is 4.25 Å². The van der Waals surface area contributed by atoms with Gasteiger partial charge in [0, 0.05) is 0 Å². The van der Waals surface area contributed by atoms with Crippen LogP contribution in [-0.4, -0.2) is 0 Å². The first-order valence-corrected chi connectivity index (χ1v) is 16.4. The molecule has 0 aromatic heterocycles. The summed E-state index contributed by atoms with van der Waals surface area (Å²) in [7, 11) is 0. The standard InChI is InChI=1S/C26H23I2P/c27-20-22-16-18-23(19-17-22)21-29(28,24-10-4-1-5-11-24,25-12-6-2-7-13-25)26-14-8-3-9-15-26/h1-19H,20-21H2. The molecule has 0 atom stereocenters. The van der Waals surface area contributed by atoms with Crippen molar-refractivity contribution in [3.05, 3.63) is 126 Å². The van der Waals surface area contributed by atoms with Crippen LogP contribution in [0.15, 0.2) is 115 Å². The average Bonchev–Trinajstić information content (AvgIpc) is 2.81. The fourth-order valence-corrected chi connectivity index (χ4v) is 13.3. The molecule has 0 bridgehead atoms. The Morgan fingerprint density at radius 1 is 0.483 bits per heavy atom. The third-order valence-corrected chi connectivity index (χ3v) is 17.5. The molecular weight excluding hydrogens is 597 g/mol. The fourth-order valence-electron chi connectivity index (χ4n) is 4.01. The van der Waals surface area contributed by atoms with E-state index in [1.807, 2.05) is 0 Å². The van der Waals surface area contributed by atoms with Crippen LogP contribution in [0.5, 0.6) is 0 Å². The Balaban J connectivity index is 2.03. The summed E-state index contributed by atoms with van der Waals surface area (Å²) < 4.78 is -1.70. The first-order chi connectivity index (χ1) is 14.1. The van der Waals surface area contributed by atoms with Crippen LogP contribution in [0.4, 0.5) is 0 Å². The van der Waals surface area contributed by atoms with Gasteiger partial charge in [-0.15, -0.1) is 0 Å². The Labute approximate surface area is 200 Å². The zero-order chi connectivity index (χ0) is 20.2. The summed E-state index contributed by atoms with van der Waals surface area (Å²) >= 11 is 5.29. The monoisotopic (exact) mass is 620 g/mol. The van der Waals surface area contributed by atoms with E-state index >= 15 is 0 Å². The summed E-state index contributed by atoms with van der Waals surface area (Å²) in [6.07, 6.45) is 1.01. The molecule has 0 aliphatic rings. The number of hydrogen-bond acceptors (Lipinski definition) is 0. The number of halogens is 2. The van der Waals surface area contributed by atoms with E-state index in [2.05, 4.69) is 160 Å². The van der Waals surface area contributed by atoms with Crippen molar-refractivity contribution in [2.24, 2.45) is 0 Å². The van der Waals surface area contributed by atoms with Gasteiger partial charge in [0.15, 0.2) is 0 Å². The van der Waals surface area contributed by atoms with Crippen molar-refractivity contribution in [1.29, 1.82) is 0 Å². The second kappa shape index (κ2) is 8.87. The van der Waals surface area contributed by atoms with Crippen LogP contribution in [0.2, 0.25) is 0 Å². The molecule has 0 aliphatic heterocycles. The second-order valence-corrected chi connectivity index (χ2v) is 18.7. The van der Waals surface area contributed by atoms with Crippen molar-refractivity contribution >= 4 is 64.8 Å². The molecule has 0 saturated carbocycles. The molecule has 0 spiro atoms. The van der Waals surface area contributed by atoms with E-state index in [0.29, 0.717) is 0 Å². The Morgan fingerprint density at radius 3 is 1.17 bits per heavy atom. The molecule has 4 aromatic rings. The molecule has 0 amide bonds. The topological polar surface area (TPSA) is 0 Å². The Kier molecular flexibility index (Phi) is 6.43. The van der Waals surface area contributed by atoms with Crippen molar-refractivity contribution in [3.8, 4) is 0 Å². The van der Waals surface area contributed by atoms with Crippen LogP contribution >= 0.6 is 48.9 Å². The van der Waals surface area contributed by atoms with Gasteiger partial charge in [-0.05, 0) is 0 Å². The maximum atomic E-state index is 2.86. The SMILES string of the molecule is ICc1ccc(CP(I)(c2ccccc2)(c2ccccc2)c2ccccc2)cc1. The van der Waals surface area contributed by atoms with Crippen molar-refractivity contribution in [2.75, 3.05) is 0 Å². The molecule has 0 nitrogen and oxygen atoms in total. The summed E-state index contributed by atoms with van der Waals surface area (Å²) in [6, 6.07) is 42.6. The van der Waals surface area contributed by atoms with Crippen LogP contribution in [-0.2, 0) is 10.6 Å². The molecule has 0 N–H and O–H groups in total. The van der Waals surface area contributed by atoms with Gasteiger partial charge in [-0.1, -0.05) is 0 Å². The molecule has 0 radical (unpaired) electrons.